The summed E-state index contributed by atoms with van der Waals surface area (Å²) < 4.78 is 35.7. The van der Waals surface area contributed by atoms with E-state index in [4.69, 9.17) is 5.73 Å². The minimum Gasteiger partial charge on any atom is -0.369 e. The monoisotopic (exact) mass is 260 g/mol. The summed E-state index contributed by atoms with van der Waals surface area (Å²) in [5.74, 6) is -1.64. The highest BCUT2D eigenvalue weighted by Crippen LogP contribution is 2.20. The molecule has 0 unspecified atom stereocenters. The van der Waals surface area contributed by atoms with Crippen LogP contribution >= 0.6 is 0 Å². The van der Waals surface area contributed by atoms with Gasteiger partial charge in [-0.05, 0) is 17.7 Å². The Labute approximate surface area is 101 Å². The van der Waals surface area contributed by atoms with Gasteiger partial charge in [-0.15, -0.1) is 0 Å². The maximum absolute atomic E-state index is 11.9. The molecule has 0 fully saturated rings. The van der Waals surface area contributed by atoms with Crippen molar-refractivity contribution >= 4 is 17.5 Å². The summed E-state index contributed by atoms with van der Waals surface area (Å²) >= 11 is 0. The van der Waals surface area contributed by atoms with Gasteiger partial charge in [0.15, 0.2) is 0 Å². The van der Waals surface area contributed by atoms with Crippen molar-refractivity contribution in [2.75, 3.05) is 5.32 Å². The second-order valence-electron chi connectivity index (χ2n) is 3.68. The third kappa shape index (κ3) is 5.33. The summed E-state index contributed by atoms with van der Waals surface area (Å²) in [6, 6.07) is 5.83. The zero-order valence-corrected chi connectivity index (χ0v) is 9.25. The number of carbonyl (C=O) groups excluding carboxylic acids is 2. The van der Waals surface area contributed by atoms with Gasteiger partial charge in [0.25, 0.3) is 0 Å². The number of amides is 2. The molecule has 0 spiro atoms. The quantitative estimate of drug-likeness (QED) is 0.863. The average molecular weight is 260 g/mol. The molecule has 0 aromatic heterocycles. The Hall–Kier alpha value is -2.05. The highest BCUT2D eigenvalue weighted by atomic mass is 19.4. The molecule has 7 heteroatoms. The maximum atomic E-state index is 11.9. The number of halogens is 3. The van der Waals surface area contributed by atoms with Gasteiger partial charge in [-0.2, -0.15) is 13.2 Å². The number of alkyl halides is 3. The first-order valence-electron chi connectivity index (χ1n) is 5.00. The molecule has 1 aromatic rings. The SMILES string of the molecule is NC(=O)Cc1ccc(NC(=O)CC(F)(F)F)cc1. The molecular weight excluding hydrogens is 249 g/mol. The molecule has 0 heterocycles. The lowest BCUT2D eigenvalue weighted by atomic mass is 10.1. The number of anilines is 1. The van der Waals surface area contributed by atoms with E-state index in [0.717, 1.165) is 0 Å². The fourth-order valence-electron chi connectivity index (χ4n) is 1.29. The van der Waals surface area contributed by atoms with Crippen molar-refractivity contribution in [1.82, 2.24) is 0 Å². The fraction of sp³-hybridized carbons (Fsp3) is 0.273. The lowest BCUT2D eigenvalue weighted by Crippen LogP contribution is -2.21. The molecule has 18 heavy (non-hydrogen) atoms. The van der Waals surface area contributed by atoms with Gasteiger partial charge >= 0.3 is 6.18 Å². The lowest BCUT2D eigenvalue weighted by molar-refractivity contribution is -0.150. The smallest absolute Gasteiger partial charge is 0.369 e. The first kappa shape index (κ1) is 14.0. The number of nitrogens with two attached hydrogens (primary N) is 1. The zero-order chi connectivity index (χ0) is 13.8. The number of rotatable bonds is 4. The van der Waals surface area contributed by atoms with E-state index >= 15 is 0 Å². The second kappa shape index (κ2) is 5.52. The van der Waals surface area contributed by atoms with Crippen LogP contribution in [0.2, 0.25) is 0 Å². The molecular formula is C11H11F3N2O2. The number of nitrogens with one attached hydrogen (secondary N) is 1. The van der Waals surface area contributed by atoms with E-state index in [1.54, 1.807) is 0 Å². The first-order chi connectivity index (χ1) is 8.26. The van der Waals surface area contributed by atoms with E-state index in [1.807, 2.05) is 0 Å². The highest BCUT2D eigenvalue weighted by Gasteiger charge is 2.31. The zero-order valence-electron chi connectivity index (χ0n) is 9.25. The van der Waals surface area contributed by atoms with E-state index in [-0.39, 0.29) is 12.1 Å². The third-order valence-electron chi connectivity index (χ3n) is 1.98. The van der Waals surface area contributed by atoms with Crippen LogP contribution in [0.15, 0.2) is 24.3 Å². The van der Waals surface area contributed by atoms with E-state index in [1.165, 1.54) is 24.3 Å². The average Bonchev–Trinajstić information content (AvgIpc) is 2.17. The summed E-state index contributed by atoms with van der Waals surface area (Å²) in [7, 11) is 0. The minimum absolute atomic E-state index is 0.0385. The Morgan fingerprint density at radius 3 is 2.17 bits per heavy atom. The largest absolute Gasteiger partial charge is 0.397 e. The minimum atomic E-state index is -4.53. The van der Waals surface area contributed by atoms with Gasteiger partial charge in [-0.3, -0.25) is 9.59 Å². The van der Waals surface area contributed by atoms with Crippen molar-refractivity contribution in [3.8, 4) is 0 Å². The molecule has 0 saturated heterocycles. The van der Waals surface area contributed by atoms with Crippen LogP contribution in [-0.2, 0) is 16.0 Å². The lowest BCUT2D eigenvalue weighted by Gasteiger charge is -2.08. The van der Waals surface area contributed by atoms with Crippen LogP contribution in [0.4, 0.5) is 18.9 Å². The van der Waals surface area contributed by atoms with Crippen molar-refractivity contribution in [2.24, 2.45) is 5.73 Å². The van der Waals surface area contributed by atoms with Gasteiger partial charge in [-0.1, -0.05) is 12.1 Å². The van der Waals surface area contributed by atoms with E-state index in [2.05, 4.69) is 5.32 Å². The Morgan fingerprint density at radius 2 is 1.72 bits per heavy atom. The topological polar surface area (TPSA) is 72.2 Å². The van der Waals surface area contributed by atoms with E-state index in [9.17, 15) is 22.8 Å². The molecule has 2 amide bonds. The summed E-state index contributed by atoms with van der Waals surface area (Å²) in [5.41, 5.74) is 5.83. The Kier molecular flexibility index (Phi) is 4.30. The molecule has 0 saturated carbocycles. The molecule has 0 aliphatic carbocycles. The molecule has 4 nitrogen and oxygen atoms in total. The molecule has 1 aromatic carbocycles. The molecule has 0 aliphatic heterocycles. The molecule has 0 bridgehead atoms. The van der Waals surface area contributed by atoms with Gasteiger partial charge in [0.05, 0.1) is 6.42 Å². The number of hydrogen-bond acceptors (Lipinski definition) is 2. The van der Waals surface area contributed by atoms with Crippen molar-refractivity contribution in [3.63, 3.8) is 0 Å². The molecule has 0 aliphatic rings. The molecule has 0 atom stereocenters. The molecule has 1 rings (SSSR count). The van der Waals surface area contributed by atoms with Crippen molar-refractivity contribution in [1.29, 1.82) is 0 Å². The van der Waals surface area contributed by atoms with Crippen molar-refractivity contribution in [2.45, 2.75) is 19.0 Å². The summed E-state index contributed by atoms with van der Waals surface area (Å²) in [4.78, 5) is 21.6. The second-order valence-corrected chi connectivity index (χ2v) is 3.68. The summed E-state index contributed by atoms with van der Waals surface area (Å²) in [6.07, 6.45) is -6.02. The van der Waals surface area contributed by atoms with E-state index in [0.29, 0.717) is 5.56 Å². The first-order valence-corrected chi connectivity index (χ1v) is 5.00. The number of benzene rings is 1. The van der Waals surface area contributed by atoms with Crippen molar-refractivity contribution in [3.05, 3.63) is 29.8 Å². The van der Waals surface area contributed by atoms with Gasteiger partial charge in [0.2, 0.25) is 11.8 Å². The van der Waals surface area contributed by atoms with Crippen LogP contribution in [0.5, 0.6) is 0 Å². The number of hydrogen-bond donors (Lipinski definition) is 2. The standard InChI is InChI=1S/C11H11F3N2O2/c12-11(13,14)6-10(18)16-8-3-1-7(2-4-8)5-9(15)17/h1-4H,5-6H2,(H2,15,17)(H,16,18). The van der Waals surface area contributed by atoms with Crippen molar-refractivity contribution < 1.29 is 22.8 Å². The summed E-state index contributed by atoms with van der Waals surface area (Å²) in [6.45, 7) is 0. The molecule has 0 radical (unpaired) electrons. The van der Waals surface area contributed by atoms with Gasteiger partial charge < -0.3 is 11.1 Å². The number of primary amides is 1. The van der Waals surface area contributed by atoms with E-state index < -0.39 is 24.4 Å². The van der Waals surface area contributed by atoms with Gasteiger partial charge in [-0.25, -0.2) is 0 Å². The maximum Gasteiger partial charge on any atom is 0.397 e. The Bertz CT molecular complexity index is 441. The molecule has 98 valence electrons. The molecule has 3 N–H and O–H groups in total. The highest BCUT2D eigenvalue weighted by molar-refractivity contribution is 5.91. The predicted octanol–water partition coefficient (Wildman–Crippen LogP) is 1.61. The summed E-state index contributed by atoms with van der Waals surface area (Å²) in [5, 5.41) is 2.10. The van der Waals surface area contributed by atoms with Crippen LogP contribution in [0.3, 0.4) is 0 Å². The van der Waals surface area contributed by atoms with Crippen LogP contribution in [-0.4, -0.2) is 18.0 Å². The Morgan fingerprint density at radius 1 is 1.17 bits per heavy atom. The van der Waals surface area contributed by atoms with Gasteiger partial charge in [0.1, 0.15) is 6.42 Å². The van der Waals surface area contributed by atoms with Crippen LogP contribution in [0.25, 0.3) is 0 Å². The van der Waals surface area contributed by atoms with Crippen LogP contribution in [0.1, 0.15) is 12.0 Å². The normalized spacial score (nSPS) is 11.1. The third-order valence-corrected chi connectivity index (χ3v) is 1.98. The van der Waals surface area contributed by atoms with Crippen LogP contribution in [0, 0.1) is 0 Å². The predicted molar refractivity (Wildman–Crippen MR) is 58.6 cm³/mol. The number of carbonyl (C=O) groups is 2. The fourth-order valence-corrected chi connectivity index (χ4v) is 1.29. The van der Waals surface area contributed by atoms with Crippen LogP contribution < -0.4 is 11.1 Å². The van der Waals surface area contributed by atoms with Gasteiger partial charge in [0, 0.05) is 5.69 Å². The Balaban J connectivity index is 2.58.